The van der Waals surface area contributed by atoms with E-state index in [4.69, 9.17) is 0 Å². The molecule has 12 rings (SSSR count). The largest absolute Gasteiger partial charge is 0.311 e. The number of nitrogens with zero attached hydrogens (tertiary/aromatic N) is 1. The number of anilines is 3. The Bertz CT molecular complexity index is 3420. The summed E-state index contributed by atoms with van der Waals surface area (Å²) in [5, 5.41) is 5.10. The summed E-state index contributed by atoms with van der Waals surface area (Å²) in [7, 11) is 0. The first kappa shape index (κ1) is 37.5. The Kier molecular flexibility index (Phi) is 9.13. The van der Waals surface area contributed by atoms with Gasteiger partial charge in [-0.2, -0.15) is 0 Å². The molecule has 1 nitrogen and oxygen atoms in total. The van der Waals surface area contributed by atoms with E-state index in [0.29, 0.717) is 0 Å². The van der Waals surface area contributed by atoms with Crippen LogP contribution in [-0.2, 0) is 5.41 Å². The highest BCUT2D eigenvalue weighted by atomic mass is 15.1. The highest BCUT2D eigenvalue weighted by molar-refractivity contribution is 6.14. The molecule has 0 radical (unpaired) electrons. The van der Waals surface area contributed by atoms with Crippen molar-refractivity contribution in [1.82, 2.24) is 0 Å². The second kappa shape index (κ2) is 15.6. The van der Waals surface area contributed by atoms with Gasteiger partial charge in [-0.15, -0.1) is 0 Å². The molecule has 64 heavy (non-hydrogen) atoms. The maximum atomic E-state index is 2.35. The summed E-state index contributed by atoms with van der Waals surface area (Å²) in [4.78, 5) is 2.35. The third kappa shape index (κ3) is 6.08. The number of rotatable bonds is 8. The van der Waals surface area contributed by atoms with Gasteiger partial charge in [0.15, 0.2) is 0 Å². The van der Waals surface area contributed by atoms with E-state index in [9.17, 15) is 0 Å². The zero-order valence-corrected chi connectivity index (χ0v) is 35.3. The first-order valence-electron chi connectivity index (χ1n) is 22.2. The number of para-hydroxylation sites is 1. The number of benzene rings is 11. The van der Waals surface area contributed by atoms with Crippen LogP contribution < -0.4 is 4.90 Å². The number of fused-ring (bicyclic) bond motifs is 6. The highest BCUT2D eigenvalue weighted by Crippen LogP contribution is 2.58. The SMILES string of the molecule is c1ccc(N(c2ccc(-c3cccc(-c4cc5ccccc5c5ccccc45)c3)cc2)c2ccc(-c3cccc4c3-c3ccccc3C4(c3ccccc3)c3ccccc3)cc2)cc1. The van der Waals surface area contributed by atoms with Gasteiger partial charge in [-0.1, -0.05) is 212 Å². The highest BCUT2D eigenvalue weighted by Gasteiger charge is 2.46. The minimum absolute atomic E-state index is 0.438. The molecule has 0 bridgehead atoms. The van der Waals surface area contributed by atoms with Crippen LogP contribution >= 0.6 is 0 Å². The third-order valence-electron chi connectivity index (χ3n) is 13.3. The van der Waals surface area contributed by atoms with E-state index in [-0.39, 0.29) is 0 Å². The summed E-state index contributed by atoms with van der Waals surface area (Å²) in [6.07, 6.45) is 0. The van der Waals surface area contributed by atoms with Crippen molar-refractivity contribution in [3.63, 3.8) is 0 Å². The van der Waals surface area contributed by atoms with E-state index in [1.54, 1.807) is 0 Å². The lowest BCUT2D eigenvalue weighted by atomic mass is 9.67. The monoisotopic (exact) mass is 813 g/mol. The fourth-order valence-corrected chi connectivity index (χ4v) is 10.5. The molecule has 0 unspecified atom stereocenters. The zero-order valence-electron chi connectivity index (χ0n) is 35.3. The molecular formula is C63H43N. The second-order valence-electron chi connectivity index (χ2n) is 16.8. The van der Waals surface area contributed by atoms with Crippen LogP contribution in [0.15, 0.2) is 261 Å². The average molecular weight is 814 g/mol. The zero-order chi connectivity index (χ0) is 42.5. The molecule has 0 aromatic heterocycles. The van der Waals surface area contributed by atoms with Gasteiger partial charge in [0.1, 0.15) is 0 Å². The molecule has 300 valence electrons. The average Bonchev–Trinajstić information content (AvgIpc) is 3.69. The summed E-state index contributed by atoms with van der Waals surface area (Å²) in [5.74, 6) is 0. The van der Waals surface area contributed by atoms with Crippen molar-refractivity contribution in [2.24, 2.45) is 0 Å². The fourth-order valence-electron chi connectivity index (χ4n) is 10.5. The molecule has 0 N–H and O–H groups in total. The summed E-state index contributed by atoms with van der Waals surface area (Å²) >= 11 is 0. The number of hydrogen-bond acceptors (Lipinski definition) is 1. The van der Waals surface area contributed by atoms with Crippen LogP contribution in [0.3, 0.4) is 0 Å². The predicted molar refractivity (Wildman–Crippen MR) is 270 cm³/mol. The summed E-state index contributed by atoms with van der Waals surface area (Å²) in [6, 6.07) is 95.6. The van der Waals surface area contributed by atoms with Gasteiger partial charge < -0.3 is 4.90 Å². The minimum atomic E-state index is -0.438. The lowest BCUT2D eigenvalue weighted by molar-refractivity contribution is 0.768. The lowest BCUT2D eigenvalue weighted by Crippen LogP contribution is -2.28. The third-order valence-corrected chi connectivity index (χ3v) is 13.3. The van der Waals surface area contributed by atoms with Crippen molar-refractivity contribution in [3.8, 4) is 44.5 Å². The van der Waals surface area contributed by atoms with Crippen LogP contribution in [0.5, 0.6) is 0 Å². The maximum absolute atomic E-state index is 2.35. The van der Waals surface area contributed by atoms with Crippen LogP contribution in [0, 0.1) is 0 Å². The van der Waals surface area contributed by atoms with Crippen molar-refractivity contribution in [1.29, 1.82) is 0 Å². The molecule has 0 fully saturated rings. The van der Waals surface area contributed by atoms with E-state index < -0.39 is 5.41 Å². The molecule has 11 aromatic carbocycles. The molecule has 0 amide bonds. The molecule has 0 heterocycles. The quantitative estimate of drug-likeness (QED) is 0.138. The van der Waals surface area contributed by atoms with E-state index in [0.717, 1.165) is 17.1 Å². The van der Waals surface area contributed by atoms with Gasteiger partial charge in [0.2, 0.25) is 0 Å². The van der Waals surface area contributed by atoms with Gasteiger partial charge in [-0.25, -0.2) is 0 Å². The summed E-state index contributed by atoms with van der Waals surface area (Å²) in [5.41, 5.74) is 17.9. The van der Waals surface area contributed by atoms with E-state index in [1.165, 1.54) is 88.3 Å². The molecule has 11 aromatic rings. The van der Waals surface area contributed by atoms with Gasteiger partial charge in [-0.3, -0.25) is 0 Å². The normalized spacial score (nSPS) is 12.5. The second-order valence-corrected chi connectivity index (χ2v) is 16.8. The smallest absolute Gasteiger partial charge is 0.0713 e. The Hall–Kier alpha value is -8.26. The molecule has 1 aliphatic carbocycles. The fraction of sp³-hybridized carbons (Fsp3) is 0.0159. The van der Waals surface area contributed by atoms with Crippen molar-refractivity contribution in [3.05, 3.63) is 283 Å². The molecule has 0 saturated carbocycles. The lowest BCUT2D eigenvalue weighted by Gasteiger charge is -2.34. The van der Waals surface area contributed by atoms with Crippen LogP contribution in [0.4, 0.5) is 17.1 Å². The summed E-state index contributed by atoms with van der Waals surface area (Å²) < 4.78 is 0. The van der Waals surface area contributed by atoms with E-state index >= 15 is 0 Å². The molecule has 0 atom stereocenters. The van der Waals surface area contributed by atoms with Crippen molar-refractivity contribution >= 4 is 38.6 Å². The molecular weight excluding hydrogens is 771 g/mol. The molecule has 0 spiro atoms. The van der Waals surface area contributed by atoms with Gasteiger partial charge in [0, 0.05) is 17.1 Å². The summed E-state index contributed by atoms with van der Waals surface area (Å²) in [6.45, 7) is 0. The van der Waals surface area contributed by atoms with Crippen LogP contribution in [-0.4, -0.2) is 0 Å². The van der Waals surface area contributed by atoms with Crippen molar-refractivity contribution in [2.75, 3.05) is 4.90 Å². The molecule has 1 aliphatic rings. The Labute approximate surface area is 374 Å². The number of hydrogen-bond donors (Lipinski definition) is 0. The molecule has 1 heteroatoms. The Morgan fingerprint density at radius 3 is 1.47 bits per heavy atom. The minimum Gasteiger partial charge on any atom is -0.311 e. The predicted octanol–water partition coefficient (Wildman–Crippen LogP) is 16.8. The van der Waals surface area contributed by atoms with E-state index in [1.807, 2.05) is 0 Å². The van der Waals surface area contributed by atoms with Crippen LogP contribution in [0.2, 0.25) is 0 Å². The van der Waals surface area contributed by atoms with Crippen molar-refractivity contribution < 1.29 is 0 Å². The molecule has 0 aliphatic heterocycles. The maximum Gasteiger partial charge on any atom is 0.0713 e. The van der Waals surface area contributed by atoms with Crippen molar-refractivity contribution in [2.45, 2.75) is 5.41 Å². The molecule has 0 saturated heterocycles. The topological polar surface area (TPSA) is 3.24 Å². The van der Waals surface area contributed by atoms with Crippen LogP contribution in [0.1, 0.15) is 22.3 Å². The van der Waals surface area contributed by atoms with Gasteiger partial charge in [-0.05, 0) is 137 Å². The Balaban J connectivity index is 0.920. The Morgan fingerprint density at radius 2 is 0.766 bits per heavy atom. The first-order chi connectivity index (χ1) is 31.8. The first-order valence-corrected chi connectivity index (χ1v) is 22.2. The standard InChI is InChI=1S/C63H43N/c1-4-21-49(22-5-1)63(50-23-6-2-7-24-50)60-32-15-14-30-58(60)62-55(31-17-33-61(62)63)45-36-40-53(41-37-45)64(51-25-8-3-9-26-51)52-38-34-44(35-39-52)46-19-16-20-47(42-46)59-43-48-18-10-11-27-54(48)56-28-12-13-29-57(56)59/h1-43H. The van der Waals surface area contributed by atoms with E-state index in [2.05, 4.69) is 266 Å². The Morgan fingerprint density at radius 1 is 0.266 bits per heavy atom. The van der Waals surface area contributed by atoms with Gasteiger partial charge in [0.25, 0.3) is 0 Å². The van der Waals surface area contributed by atoms with Gasteiger partial charge in [0.05, 0.1) is 5.41 Å². The van der Waals surface area contributed by atoms with Gasteiger partial charge >= 0.3 is 0 Å². The van der Waals surface area contributed by atoms with Crippen LogP contribution in [0.25, 0.3) is 66.1 Å².